The van der Waals surface area contributed by atoms with Crippen molar-refractivity contribution in [2.24, 2.45) is 5.92 Å². The monoisotopic (exact) mass is 215 g/mol. The maximum absolute atomic E-state index is 10.2. The molecule has 0 aromatic carbocycles. The zero-order valence-corrected chi connectivity index (χ0v) is 8.69. The molecule has 1 aliphatic rings. The first-order valence-corrected chi connectivity index (χ1v) is 5.39. The van der Waals surface area contributed by atoms with E-state index >= 15 is 0 Å². The lowest BCUT2D eigenvalue weighted by Crippen LogP contribution is -2.37. The van der Waals surface area contributed by atoms with Gasteiger partial charge in [0, 0.05) is 12.5 Å². The lowest BCUT2D eigenvalue weighted by Gasteiger charge is -2.27. The molecular formula is C9H14ClN3O. The first kappa shape index (κ1) is 9.93. The molecule has 1 fully saturated rings. The van der Waals surface area contributed by atoms with Crippen molar-refractivity contribution >= 4 is 11.6 Å². The normalized spacial score (nSPS) is 32.3. The third kappa shape index (κ3) is 1.77. The quantitative estimate of drug-likeness (QED) is 0.767. The van der Waals surface area contributed by atoms with Crippen molar-refractivity contribution < 1.29 is 5.11 Å². The lowest BCUT2D eigenvalue weighted by atomic mass is 9.93. The van der Waals surface area contributed by atoms with E-state index in [1.807, 2.05) is 0 Å². The Morgan fingerprint density at radius 2 is 2.50 bits per heavy atom. The molecule has 14 heavy (non-hydrogen) atoms. The molecule has 0 bridgehead atoms. The van der Waals surface area contributed by atoms with E-state index in [4.69, 9.17) is 11.6 Å². The van der Waals surface area contributed by atoms with Gasteiger partial charge in [0.05, 0.1) is 11.5 Å². The Labute approximate surface area is 87.9 Å². The third-order valence-corrected chi connectivity index (χ3v) is 3.49. The Hall–Kier alpha value is -0.610. The fourth-order valence-corrected chi connectivity index (χ4v) is 2.47. The van der Waals surface area contributed by atoms with Crippen LogP contribution in [0.5, 0.6) is 0 Å². The molecule has 78 valence electrons. The summed E-state index contributed by atoms with van der Waals surface area (Å²) in [5.41, 5.74) is -0.701. The van der Waals surface area contributed by atoms with Crippen LogP contribution in [0, 0.1) is 5.92 Å². The van der Waals surface area contributed by atoms with Crippen LogP contribution in [0.25, 0.3) is 0 Å². The zero-order valence-electron chi connectivity index (χ0n) is 7.93. The van der Waals surface area contributed by atoms with Crippen molar-refractivity contribution in [1.29, 1.82) is 0 Å². The Bertz CT molecular complexity index is 290. The molecule has 0 aliphatic heterocycles. The molecule has 0 amide bonds. The number of hydrogen-bond acceptors (Lipinski definition) is 3. The lowest BCUT2D eigenvalue weighted by molar-refractivity contribution is 0.0166. The largest absolute Gasteiger partial charge is 0.388 e. The summed E-state index contributed by atoms with van der Waals surface area (Å²) < 4.78 is 1.76. The summed E-state index contributed by atoms with van der Waals surface area (Å²) in [6, 6.07) is 0. The number of halogens is 1. The minimum absolute atomic E-state index is 0.210. The van der Waals surface area contributed by atoms with Crippen molar-refractivity contribution in [3.05, 3.63) is 12.7 Å². The van der Waals surface area contributed by atoms with E-state index in [1.54, 1.807) is 11.0 Å². The first-order chi connectivity index (χ1) is 6.74. The van der Waals surface area contributed by atoms with Gasteiger partial charge >= 0.3 is 0 Å². The smallest absolute Gasteiger partial charge is 0.137 e. The molecule has 1 heterocycles. The summed E-state index contributed by atoms with van der Waals surface area (Å²) in [7, 11) is 0. The van der Waals surface area contributed by atoms with Gasteiger partial charge in [0.15, 0.2) is 0 Å². The molecule has 1 aliphatic carbocycles. The van der Waals surface area contributed by atoms with Crippen LogP contribution in [0.4, 0.5) is 0 Å². The number of aliphatic hydroxyl groups is 1. The van der Waals surface area contributed by atoms with E-state index in [9.17, 15) is 5.11 Å². The maximum Gasteiger partial charge on any atom is 0.137 e. The molecule has 2 rings (SSSR count). The molecular weight excluding hydrogens is 202 g/mol. The van der Waals surface area contributed by atoms with Crippen LogP contribution in [0.15, 0.2) is 12.7 Å². The van der Waals surface area contributed by atoms with E-state index in [-0.39, 0.29) is 5.92 Å². The predicted molar refractivity (Wildman–Crippen MR) is 53.0 cm³/mol. The van der Waals surface area contributed by atoms with Gasteiger partial charge < -0.3 is 5.11 Å². The maximum atomic E-state index is 10.2. The van der Waals surface area contributed by atoms with Gasteiger partial charge in [-0.3, -0.25) is 4.68 Å². The highest BCUT2D eigenvalue weighted by Gasteiger charge is 2.40. The van der Waals surface area contributed by atoms with Crippen molar-refractivity contribution in [2.75, 3.05) is 5.88 Å². The van der Waals surface area contributed by atoms with Crippen LogP contribution in [0.2, 0.25) is 0 Å². The van der Waals surface area contributed by atoms with Crippen LogP contribution < -0.4 is 0 Å². The molecule has 4 nitrogen and oxygen atoms in total. The molecule has 5 heteroatoms. The van der Waals surface area contributed by atoms with Crippen LogP contribution in [0.3, 0.4) is 0 Å². The molecule has 1 N–H and O–H groups in total. The van der Waals surface area contributed by atoms with Crippen LogP contribution in [0.1, 0.15) is 19.3 Å². The molecule has 0 spiro atoms. The molecule has 2 unspecified atom stereocenters. The van der Waals surface area contributed by atoms with Crippen molar-refractivity contribution in [2.45, 2.75) is 31.4 Å². The van der Waals surface area contributed by atoms with Gasteiger partial charge in [0.1, 0.15) is 12.7 Å². The second-order valence-corrected chi connectivity index (χ2v) is 4.21. The topological polar surface area (TPSA) is 50.9 Å². The number of aromatic nitrogens is 3. The molecule has 0 saturated heterocycles. The molecule has 2 atom stereocenters. The summed E-state index contributed by atoms with van der Waals surface area (Å²) in [6.45, 7) is 0.712. The minimum Gasteiger partial charge on any atom is -0.388 e. The van der Waals surface area contributed by atoms with Crippen molar-refractivity contribution in [3.8, 4) is 0 Å². The van der Waals surface area contributed by atoms with Gasteiger partial charge in [-0.05, 0) is 12.8 Å². The van der Waals surface area contributed by atoms with Gasteiger partial charge in [-0.1, -0.05) is 6.42 Å². The summed E-state index contributed by atoms with van der Waals surface area (Å²) in [4.78, 5) is 3.88. The summed E-state index contributed by atoms with van der Waals surface area (Å²) in [5, 5.41) is 14.2. The van der Waals surface area contributed by atoms with Crippen molar-refractivity contribution in [1.82, 2.24) is 14.8 Å². The van der Waals surface area contributed by atoms with E-state index in [0.29, 0.717) is 12.4 Å². The van der Waals surface area contributed by atoms with Gasteiger partial charge in [-0.15, -0.1) is 11.6 Å². The predicted octanol–water partition coefficient (Wildman–Crippen LogP) is 1.05. The number of rotatable bonds is 3. The fraction of sp³-hybridized carbons (Fsp3) is 0.778. The molecule has 1 aromatic heterocycles. The highest BCUT2D eigenvalue weighted by molar-refractivity contribution is 6.18. The van der Waals surface area contributed by atoms with E-state index in [2.05, 4.69) is 10.1 Å². The summed E-state index contributed by atoms with van der Waals surface area (Å²) in [5.74, 6) is 0.522. The van der Waals surface area contributed by atoms with Gasteiger partial charge in [-0.25, -0.2) is 4.98 Å². The van der Waals surface area contributed by atoms with Gasteiger partial charge in [-0.2, -0.15) is 5.10 Å². The Morgan fingerprint density at radius 3 is 3.14 bits per heavy atom. The minimum atomic E-state index is -0.701. The highest BCUT2D eigenvalue weighted by Crippen LogP contribution is 2.37. The average Bonchev–Trinajstić information content (AvgIpc) is 2.79. The highest BCUT2D eigenvalue weighted by atomic mass is 35.5. The summed E-state index contributed by atoms with van der Waals surface area (Å²) >= 11 is 5.79. The molecule has 1 aromatic rings. The fourth-order valence-electron chi connectivity index (χ4n) is 2.12. The standard InChI is InChI=1S/C9H14ClN3O/c10-5-9(14)3-1-2-8(9)4-13-7-11-6-12-13/h6-8,14H,1-5H2. The third-order valence-electron chi connectivity index (χ3n) is 3.03. The molecule has 1 saturated carbocycles. The Kier molecular flexibility index (Phi) is 2.74. The van der Waals surface area contributed by atoms with E-state index < -0.39 is 5.60 Å². The zero-order chi connectivity index (χ0) is 10.0. The number of hydrogen-bond donors (Lipinski definition) is 1. The van der Waals surface area contributed by atoms with Gasteiger partial charge in [0.2, 0.25) is 0 Å². The second-order valence-electron chi connectivity index (χ2n) is 3.94. The van der Waals surface area contributed by atoms with Crippen molar-refractivity contribution in [3.63, 3.8) is 0 Å². The van der Waals surface area contributed by atoms with Crippen LogP contribution in [-0.4, -0.2) is 31.4 Å². The number of nitrogens with zero attached hydrogens (tertiary/aromatic N) is 3. The SMILES string of the molecule is OC1(CCl)CCCC1Cn1cncn1. The average molecular weight is 216 g/mol. The van der Waals surface area contributed by atoms with Crippen LogP contribution >= 0.6 is 11.6 Å². The van der Waals surface area contributed by atoms with E-state index in [1.165, 1.54) is 6.33 Å². The van der Waals surface area contributed by atoms with Crippen LogP contribution in [-0.2, 0) is 6.54 Å². The number of alkyl halides is 1. The van der Waals surface area contributed by atoms with E-state index in [0.717, 1.165) is 19.3 Å². The molecule has 0 radical (unpaired) electrons. The first-order valence-electron chi connectivity index (χ1n) is 4.85. The Balaban J connectivity index is 2.04. The summed E-state index contributed by atoms with van der Waals surface area (Å²) in [6.07, 6.45) is 6.04. The van der Waals surface area contributed by atoms with Gasteiger partial charge in [0.25, 0.3) is 0 Å². The second kappa shape index (κ2) is 3.87. The Morgan fingerprint density at radius 1 is 1.64 bits per heavy atom.